The van der Waals surface area contributed by atoms with Gasteiger partial charge in [0, 0.05) is 30.0 Å². The van der Waals surface area contributed by atoms with Crippen molar-refractivity contribution in [3.63, 3.8) is 0 Å². The number of carbonyl (C=O) groups is 1. The maximum Gasteiger partial charge on any atom is 0.254 e. The number of carbonyl (C=O) groups excluding carboxylic acids is 1. The number of hydrogen-bond donors (Lipinski definition) is 0. The lowest BCUT2D eigenvalue weighted by Gasteiger charge is -2.35. The van der Waals surface area contributed by atoms with Crippen LogP contribution in [0.1, 0.15) is 45.3 Å². The molecule has 24 heavy (non-hydrogen) atoms. The average molecular weight is 347 g/mol. The first-order valence-corrected chi connectivity index (χ1v) is 9.04. The minimum absolute atomic E-state index is 0.0709. The summed E-state index contributed by atoms with van der Waals surface area (Å²) in [4.78, 5) is 15.8. The molecule has 2 aromatic rings. The van der Waals surface area contributed by atoms with Crippen molar-refractivity contribution in [1.82, 2.24) is 4.90 Å². The number of thiophene rings is 1. The molecular formula is C19H22FNO2S. The summed E-state index contributed by atoms with van der Waals surface area (Å²) in [6.45, 7) is 4.64. The summed E-state index contributed by atoms with van der Waals surface area (Å²) < 4.78 is 18.9. The molecule has 0 N–H and O–H groups in total. The molecule has 1 aromatic carbocycles. The van der Waals surface area contributed by atoms with E-state index in [4.69, 9.17) is 4.74 Å². The van der Waals surface area contributed by atoms with Gasteiger partial charge in [0.1, 0.15) is 5.82 Å². The second kappa shape index (κ2) is 7.03. The van der Waals surface area contributed by atoms with Gasteiger partial charge in [-0.25, -0.2) is 4.39 Å². The zero-order valence-electron chi connectivity index (χ0n) is 14.2. The number of hydrogen-bond acceptors (Lipinski definition) is 3. The molecule has 1 fully saturated rings. The van der Waals surface area contributed by atoms with Crippen LogP contribution in [0.15, 0.2) is 29.6 Å². The molecule has 1 aromatic heterocycles. The standard InChI is InChI=1S/C19H22FNO2S/c1-12-13(2)24-11-17(12)19(22)21(3)16-8-9-23-18(10-16)14-4-6-15(20)7-5-14/h4-7,11,16,18H,8-10H2,1-3H3/t16-,18+/m1/s1. The largest absolute Gasteiger partial charge is 0.373 e. The van der Waals surface area contributed by atoms with Crippen molar-refractivity contribution in [2.24, 2.45) is 0 Å². The predicted molar refractivity (Wildman–Crippen MR) is 94.0 cm³/mol. The third-order valence-electron chi connectivity index (χ3n) is 4.88. The summed E-state index contributed by atoms with van der Waals surface area (Å²) >= 11 is 1.61. The molecule has 3 rings (SSSR count). The molecule has 2 heterocycles. The normalized spacial score (nSPS) is 20.8. The SMILES string of the molecule is Cc1scc(C(=O)N(C)[C@@H]2CCO[C@H](c3ccc(F)cc3)C2)c1C. The summed E-state index contributed by atoms with van der Waals surface area (Å²) in [6, 6.07) is 6.55. The first-order chi connectivity index (χ1) is 11.5. The van der Waals surface area contributed by atoms with Crippen molar-refractivity contribution in [2.45, 2.75) is 38.8 Å². The lowest BCUT2D eigenvalue weighted by molar-refractivity contribution is -0.0197. The van der Waals surface area contributed by atoms with Crippen LogP contribution in [0.4, 0.5) is 4.39 Å². The van der Waals surface area contributed by atoms with Gasteiger partial charge in [-0.05, 0) is 49.9 Å². The van der Waals surface area contributed by atoms with Gasteiger partial charge in [-0.1, -0.05) is 12.1 Å². The molecule has 1 amide bonds. The maximum atomic E-state index is 13.1. The summed E-state index contributed by atoms with van der Waals surface area (Å²) in [5, 5.41) is 1.94. The summed E-state index contributed by atoms with van der Waals surface area (Å²) in [6.07, 6.45) is 1.46. The Morgan fingerprint density at radius 1 is 1.29 bits per heavy atom. The number of nitrogens with zero attached hydrogens (tertiary/aromatic N) is 1. The molecule has 1 aliphatic heterocycles. The highest BCUT2D eigenvalue weighted by Gasteiger charge is 2.30. The van der Waals surface area contributed by atoms with Crippen LogP contribution in [0.2, 0.25) is 0 Å². The molecule has 1 saturated heterocycles. The van der Waals surface area contributed by atoms with E-state index in [0.717, 1.165) is 29.5 Å². The van der Waals surface area contributed by atoms with E-state index in [0.29, 0.717) is 6.61 Å². The fraction of sp³-hybridized carbons (Fsp3) is 0.421. The molecule has 0 unspecified atom stereocenters. The lowest BCUT2D eigenvalue weighted by atomic mass is 9.96. The average Bonchev–Trinajstić information content (AvgIpc) is 2.93. The Kier molecular flexibility index (Phi) is 5.01. The third-order valence-corrected chi connectivity index (χ3v) is 5.90. The van der Waals surface area contributed by atoms with Crippen LogP contribution >= 0.6 is 11.3 Å². The van der Waals surface area contributed by atoms with Gasteiger partial charge in [-0.2, -0.15) is 0 Å². The van der Waals surface area contributed by atoms with Crippen LogP contribution in [0.3, 0.4) is 0 Å². The van der Waals surface area contributed by atoms with Crippen LogP contribution < -0.4 is 0 Å². The van der Waals surface area contributed by atoms with Crippen molar-refractivity contribution in [2.75, 3.05) is 13.7 Å². The highest BCUT2D eigenvalue weighted by atomic mass is 32.1. The molecule has 0 aliphatic carbocycles. The van der Waals surface area contributed by atoms with E-state index in [1.807, 2.05) is 31.2 Å². The number of ether oxygens (including phenoxy) is 1. The molecule has 1 aliphatic rings. The molecule has 5 heteroatoms. The summed E-state index contributed by atoms with van der Waals surface area (Å²) in [7, 11) is 1.87. The van der Waals surface area contributed by atoms with Crippen LogP contribution in [-0.4, -0.2) is 30.5 Å². The van der Waals surface area contributed by atoms with Gasteiger partial charge in [0.25, 0.3) is 5.91 Å². The van der Waals surface area contributed by atoms with E-state index >= 15 is 0 Å². The maximum absolute atomic E-state index is 13.1. The Hall–Kier alpha value is -1.72. The van der Waals surface area contributed by atoms with Gasteiger partial charge in [0.2, 0.25) is 0 Å². The molecule has 2 atom stereocenters. The van der Waals surface area contributed by atoms with E-state index in [9.17, 15) is 9.18 Å². The molecular weight excluding hydrogens is 325 g/mol. The number of rotatable bonds is 3. The van der Waals surface area contributed by atoms with Crippen molar-refractivity contribution >= 4 is 17.2 Å². The molecule has 3 nitrogen and oxygen atoms in total. The van der Waals surface area contributed by atoms with E-state index in [1.165, 1.54) is 17.0 Å². The van der Waals surface area contributed by atoms with Gasteiger partial charge < -0.3 is 9.64 Å². The van der Waals surface area contributed by atoms with E-state index < -0.39 is 0 Å². The Labute approximate surface area is 146 Å². The van der Waals surface area contributed by atoms with Crippen LogP contribution in [-0.2, 0) is 4.74 Å². The smallest absolute Gasteiger partial charge is 0.254 e. The van der Waals surface area contributed by atoms with Gasteiger partial charge in [0.15, 0.2) is 0 Å². The number of amides is 1. The Balaban J connectivity index is 1.73. The van der Waals surface area contributed by atoms with E-state index in [2.05, 4.69) is 0 Å². The van der Waals surface area contributed by atoms with Gasteiger partial charge in [-0.3, -0.25) is 4.79 Å². The minimum atomic E-state index is -0.248. The predicted octanol–water partition coefficient (Wildman–Crippen LogP) is 4.50. The second-order valence-electron chi connectivity index (χ2n) is 6.34. The lowest BCUT2D eigenvalue weighted by Crippen LogP contribution is -2.41. The Bertz CT molecular complexity index is 725. The van der Waals surface area contributed by atoms with Crippen LogP contribution in [0, 0.1) is 19.7 Å². The highest BCUT2D eigenvalue weighted by Crippen LogP contribution is 2.31. The van der Waals surface area contributed by atoms with Crippen molar-refractivity contribution in [3.8, 4) is 0 Å². The number of benzene rings is 1. The fourth-order valence-electron chi connectivity index (χ4n) is 3.12. The first kappa shape index (κ1) is 17.1. The van der Waals surface area contributed by atoms with Gasteiger partial charge in [0.05, 0.1) is 11.7 Å². The third kappa shape index (κ3) is 3.37. The zero-order chi connectivity index (χ0) is 17.3. The zero-order valence-corrected chi connectivity index (χ0v) is 15.0. The van der Waals surface area contributed by atoms with Crippen LogP contribution in [0.5, 0.6) is 0 Å². The van der Waals surface area contributed by atoms with Crippen molar-refractivity contribution in [1.29, 1.82) is 0 Å². The monoisotopic (exact) mass is 347 g/mol. The molecule has 0 spiro atoms. The quantitative estimate of drug-likeness (QED) is 0.818. The summed E-state index contributed by atoms with van der Waals surface area (Å²) in [5.74, 6) is -0.177. The Morgan fingerprint density at radius 3 is 2.62 bits per heavy atom. The molecule has 128 valence electrons. The van der Waals surface area contributed by atoms with E-state index in [-0.39, 0.29) is 23.9 Å². The fourth-order valence-corrected chi connectivity index (χ4v) is 3.98. The summed E-state index contributed by atoms with van der Waals surface area (Å²) in [5.41, 5.74) is 2.83. The van der Waals surface area contributed by atoms with Gasteiger partial charge >= 0.3 is 0 Å². The number of aryl methyl sites for hydroxylation is 1. The van der Waals surface area contributed by atoms with Crippen LogP contribution in [0.25, 0.3) is 0 Å². The Morgan fingerprint density at radius 2 is 2.00 bits per heavy atom. The van der Waals surface area contributed by atoms with E-state index in [1.54, 1.807) is 23.5 Å². The molecule has 0 radical (unpaired) electrons. The van der Waals surface area contributed by atoms with Crippen molar-refractivity contribution < 1.29 is 13.9 Å². The minimum Gasteiger partial charge on any atom is -0.373 e. The number of halogens is 1. The molecule has 0 saturated carbocycles. The first-order valence-electron chi connectivity index (χ1n) is 8.16. The highest BCUT2D eigenvalue weighted by molar-refractivity contribution is 7.10. The molecule has 0 bridgehead atoms. The topological polar surface area (TPSA) is 29.5 Å². The van der Waals surface area contributed by atoms with Crippen molar-refractivity contribution in [3.05, 3.63) is 57.0 Å². The van der Waals surface area contributed by atoms with Gasteiger partial charge in [-0.15, -0.1) is 11.3 Å². The second-order valence-corrected chi connectivity index (χ2v) is 7.42.